The number of aromatic carboxylic acids is 1. The number of para-hydroxylation sites is 1. The molecule has 0 heterocycles. The molecule has 0 atom stereocenters. The minimum absolute atomic E-state index is 0.0248. The van der Waals surface area contributed by atoms with Gasteiger partial charge in [-0.1, -0.05) is 30.3 Å². The van der Waals surface area contributed by atoms with Crippen LogP contribution in [0.15, 0.2) is 48.5 Å². The molecule has 144 valence electrons. The summed E-state index contributed by atoms with van der Waals surface area (Å²) in [6, 6.07) is 11.8. The van der Waals surface area contributed by atoms with E-state index in [0.29, 0.717) is 6.42 Å². The highest BCUT2D eigenvalue weighted by molar-refractivity contribution is 5.87. The highest BCUT2D eigenvalue weighted by atomic mass is 19.4. The number of nitrogens with zero attached hydrogens (tertiary/aromatic N) is 1. The Hall–Kier alpha value is -3.03. The molecule has 27 heavy (non-hydrogen) atoms. The molecule has 0 bridgehead atoms. The Morgan fingerprint density at radius 3 is 2.30 bits per heavy atom. The first-order valence-corrected chi connectivity index (χ1v) is 8.05. The lowest BCUT2D eigenvalue weighted by molar-refractivity contribution is -0.275. The largest absolute Gasteiger partial charge is 0.573 e. The van der Waals surface area contributed by atoms with Crippen molar-refractivity contribution in [2.45, 2.75) is 25.7 Å². The predicted octanol–water partition coefficient (Wildman–Crippen LogP) is 3.87. The first-order chi connectivity index (χ1) is 12.7. The van der Waals surface area contributed by atoms with Gasteiger partial charge in [-0.05, 0) is 30.2 Å². The Balaban J connectivity index is 1.95. The molecule has 0 spiro atoms. The van der Waals surface area contributed by atoms with Crippen molar-refractivity contribution in [1.29, 1.82) is 0 Å². The van der Waals surface area contributed by atoms with E-state index in [1.807, 2.05) is 0 Å². The molecule has 0 unspecified atom stereocenters. The predicted molar refractivity (Wildman–Crippen MR) is 91.3 cm³/mol. The third-order valence-electron chi connectivity index (χ3n) is 3.86. The quantitative estimate of drug-likeness (QED) is 0.791. The second-order valence-corrected chi connectivity index (χ2v) is 5.91. The van der Waals surface area contributed by atoms with Crippen LogP contribution in [0.3, 0.4) is 0 Å². The van der Waals surface area contributed by atoms with Gasteiger partial charge >= 0.3 is 12.3 Å². The molecule has 0 aliphatic carbocycles. The van der Waals surface area contributed by atoms with Gasteiger partial charge in [0.15, 0.2) is 0 Å². The first-order valence-electron chi connectivity index (χ1n) is 8.05. The molecule has 5 nitrogen and oxygen atoms in total. The molecule has 2 aromatic rings. The van der Waals surface area contributed by atoms with Crippen LogP contribution >= 0.6 is 0 Å². The van der Waals surface area contributed by atoms with Gasteiger partial charge in [-0.25, -0.2) is 4.79 Å². The number of hydrogen-bond acceptors (Lipinski definition) is 3. The zero-order valence-corrected chi connectivity index (χ0v) is 14.5. The molecule has 1 N–H and O–H groups in total. The number of halogens is 3. The maximum Gasteiger partial charge on any atom is 0.573 e. The monoisotopic (exact) mass is 381 g/mol. The minimum Gasteiger partial charge on any atom is -0.478 e. The molecule has 0 saturated heterocycles. The average Bonchev–Trinajstić information content (AvgIpc) is 2.60. The van der Waals surface area contributed by atoms with Crippen molar-refractivity contribution in [2.75, 3.05) is 7.05 Å². The van der Waals surface area contributed by atoms with Crippen LogP contribution in [-0.4, -0.2) is 35.3 Å². The summed E-state index contributed by atoms with van der Waals surface area (Å²) < 4.78 is 41.4. The summed E-state index contributed by atoms with van der Waals surface area (Å²) in [5.74, 6) is -1.62. The Morgan fingerprint density at radius 2 is 1.70 bits per heavy atom. The van der Waals surface area contributed by atoms with Crippen molar-refractivity contribution in [2.24, 2.45) is 0 Å². The van der Waals surface area contributed by atoms with E-state index in [4.69, 9.17) is 5.11 Å². The summed E-state index contributed by atoms with van der Waals surface area (Å²) in [5, 5.41) is 8.86. The molecule has 0 aliphatic heterocycles. The van der Waals surface area contributed by atoms with Gasteiger partial charge in [0.2, 0.25) is 5.91 Å². The Kier molecular flexibility index (Phi) is 6.44. The molecule has 2 aromatic carbocycles. The topological polar surface area (TPSA) is 66.8 Å². The molecule has 0 aliphatic rings. The molecule has 0 fully saturated rings. The number of hydrogen-bond donors (Lipinski definition) is 1. The van der Waals surface area contributed by atoms with Crippen LogP contribution in [0.25, 0.3) is 0 Å². The van der Waals surface area contributed by atoms with E-state index in [1.165, 1.54) is 42.3 Å². The van der Waals surface area contributed by atoms with Gasteiger partial charge < -0.3 is 14.7 Å². The van der Waals surface area contributed by atoms with E-state index in [9.17, 15) is 22.8 Å². The van der Waals surface area contributed by atoms with Gasteiger partial charge in [-0.15, -0.1) is 13.2 Å². The van der Waals surface area contributed by atoms with Gasteiger partial charge in [0.25, 0.3) is 0 Å². The zero-order chi connectivity index (χ0) is 20.0. The summed E-state index contributed by atoms with van der Waals surface area (Å²) in [6.45, 7) is -0.0248. The number of rotatable bonds is 7. The number of alkyl halides is 3. The normalized spacial score (nSPS) is 11.1. The number of benzene rings is 2. The van der Waals surface area contributed by atoms with E-state index >= 15 is 0 Å². The fraction of sp³-hybridized carbons (Fsp3) is 0.263. The molecule has 1 amide bonds. The lowest BCUT2D eigenvalue weighted by atomic mass is 10.1. The van der Waals surface area contributed by atoms with Crippen molar-refractivity contribution in [3.63, 3.8) is 0 Å². The second-order valence-electron chi connectivity index (χ2n) is 5.91. The molecule has 0 aromatic heterocycles. The smallest absolute Gasteiger partial charge is 0.478 e. The number of carboxylic acids is 1. The van der Waals surface area contributed by atoms with E-state index in [2.05, 4.69) is 4.74 Å². The maximum absolute atomic E-state index is 12.5. The third kappa shape index (κ3) is 6.32. The second kappa shape index (κ2) is 8.57. The molecular weight excluding hydrogens is 363 g/mol. The van der Waals surface area contributed by atoms with Gasteiger partial charge in [0.05, 0.1) is 5.56 Å². The Morgan fingerprint density at radius 1 is 1.07 bits per heavy atom. The van der Waals surface area contributed by atoms with Crippen molar-refractivity contribution >= 4 is 11.9 Å². The molecule has 8 heteroatoms. The van der Waals surface area contributed by atoms with Crippen LogP contribution in [-0.2, 0) is 17.8 Å². The van der Waals surface area contributed by atoms with Crippen molar-refractivity contribution in [3.05, 3.63) is 65.2 Å². The van der Waals surface area contributed by atoms with E-state index < -0.39 is 12.3 Å². The van der Waals surface area contributed by atoms with Crippen molar-refractivity contribution in [3.8, 4) is 5.75 Å². The number of carbonyl (C=O) groups excluding carboxylic acids is 1. The van der Waals surface area contributed by atoms with Crippen LogP contribution in [0.5, 0.6) is 5.75 Å². The van der Waals surface area contributed by atoms with Gasteiger partial charge in [-0.3, -0.25) is 4.79 Å². The fourth-order valence-electron chi connectivity index (χ4n) is 2.46. The average molecular weight is 381 g/mol. The van der Waals surface area contributed by atoms with Crippen molar-refractivity contribution in [1.82, 2.24) is 4.90 Å². The number of amides is 1. The van der Waals surface area contributed by atoms with Crippen LogP contribution in [0.4, 0.5) is 13.2 Å². The molecule has 0 saturated carbocycles. The van der Waals surface area contributed by atoms with Crippen LogP contribution in [0.2, 0.25) is 0 Å². The third-order valence-corrected chi connectivity index (χ3v) is 3.86. The lowest BCUT2D eigenvalue weighted by Gasteiger charge is -2.20. The van der Waals surface area contributed by atoms with Crippen molar-refractivity contribution < 1.29 is 32.6 Å². The summed E-state index contributed by atoms with van der Waals surface area (Å²) in [4.78, 5) is 24.4. The van der Waals surface area contributed by atoms with E-state index in [0.717, 1.165) is 5.56 Å². The zero-order valence-electron chi connectivity index (χ0n) is 14.5. The fourth-order valence-corrected chi connectivity index (χ4v) is 2.46. The van der Waals surface area contributed by atoms with Crippen LogP contribution in [0, 0.1) is 0 Å². The summed E-state index contributed by atoms with van der Waals surface area (Å²) in [6.07, 6.45) is -4.27. The lowest BCUT2D eigenvalue weighted by Crippen LogP contribution is -2.27. The number of aryl methyl sites for hydroxylation is 1. The summed E-state index contributed by atoms with van der Waals surface area (Å²) in [7, 11) is 1.50. The number of carbonyl (C=O) groups is 2. The first kappa shape index (κ1) is 20.3. The standard InChI is InChI=1S/C19H18F3NO4/c1-23(12-15-4-2-3-5-16(15)27-19(20,21)22)17(24)11-8-13-6-9-14(10-7-13)18(25)26/h2-7,9-10H,8,11-12H2,1H3,(H,25,26). The Labute approximate surface area is 154 Å². The Bertz CT molecular complexity index is 803. The highest BCUT2D eigenvalue weighted by Crippen LogP contribution is 2.27. The van der Waals surface area contributed by atoms with E-state index in [1.54, 1.807) is 18.2 Å². The minimum atomic E-state index is -4.80. The van der Waals surface area contributed by atoms with E-state index in [-0.39, 0.29) is 35.7 Å². The SMILES string of the molecule is CN(Cc1ccccc1OC(F)(F)F)C(=O)CCc1ccc(C(=O)O)cc1. The summed E-state index contributed by atoms with van der Waals surface area (Å²) in [5.41, 5.74) is 1.20. The molecular formula is C19H18F3NO4. The van der Waals surface area contributed by atoms with Crippen LogP contribution < -0.4 is 4.74 Å². The molecule has 0 radical (unpaired) electrons. The number of carboxylic acid groups (broad SMARTS) is 1. The highest BCUT2D eigenvalue weighted by Gasteiger charge is 2.32. The van der Waals surface area contributed by atoms with Gasteiger partial charge in [0.1, 0.15) is 5.75 Å². The maximum atomic E-state index is 12.5. The number of ether oxygens (including phenoxy) is 1. The van der Waals surface area contributed by atoms with Gasteiger partial charge in [-0.2, -0.15) is 0 Å². The van der Waals surface area contributed by atoms with Gasteiger partial charge in [0, 0.05) is 25.6 Å². The van der Waals surface area contributed by atoms with Crippen LogP contribution in [0.1, 0.15) is 27.9 Å². The molecule has 2 rings (SSSR count). The summed E-state index contributed by atoms with van der Waals surface area (Å²) >= 11 is 0.